The Bertz CT molecular complexity index is 708. The minimum absolute atomic E-state index is 0. The fourth-order valence-corrected chi connectivity index (χ4v) is 3.44. The average molecular weight is 543 g/mol. The Morgan fingerprint density at radius 2 is 1.94 bits per heavy atom. The maximum atomic E-state index is 12.6. The van der Waals surface area contributed by atoms with Crippen LogP contribution in [-0.4, -0.2) is 55.4 Å². The number of hydrogen-bond donors (Lipinski definition) is 3. The molecule has 0 aliphatic carbocycles. The van der Waals surface area contributed by atoms with E-state index in [1.165, 1.54) is 25.7 Å². The topological polar surface area (TPSA) is 85.8 Å². The van der Waals surface area contributed by atoms with Gasteiger partial charge in [-0.15, -0.1) is 24.0 Å². The summed E-state index contributed by atoms with van der Waals surface area (Å²) >= 11 is 0. The molecule has 0 spiro atoms. The molecule has 0 radical (unpaired) electrons. The monoisotopic (exact) mass is 543 g/mol. The van der Waals surface area contributed by atoms with E-state index >= 15 is 0 Å². The maximum absolute atomic E-state index is 12.6. The lowest BCUT2D eigenvalue weighted by Crippen LogP contribution is -2.49. The van der Waals surface area contributed by atoms with E-state index in [-0.39, 0.29) is 42.3 Å². The van der Waals surface area contributed by atoms with Crippen LogP contribution in [0.25, 0.3) is 0 Å². The summed E-state index contributed by atoms with van der Waals surface area (Å²) in [7, 11) is 0. The standard InChI is InChI=1S/C23H37N5O2.HI/c1-4-7-8-18(5-2)15-26-23(24-6-3)27-16-19-9-11-20(12-10-19)22(30)28-14-13-25-21(29)17-28;/h9-12,18H,4-8,13-17H2,1-3H3,(H,25,29)(H2,24,26,27);1H. The van der Waals surface area contributed by atoms with Gasteiger partial charge in [-0.1, -0.05) is 45.2 Å². The van der Waals surface area contributed by atoms with Crippen molar-refractivity contribution >= 4 is 41.8 Å². The number of unbranched alkanes of at least 4 members (excludes halogenated alkanes) is 1. The van der Waals surface area contributed by atoms with Crippen LogP contribution in [0.5, 0.6) is 0 Å². The van der Waals surface area contributed by atoms with Gasteiger partial charge in [0.05, 0.1) is 13.1 Å². The van der Waals surface area contributed by atoms with Crippen molar-refractivity contribution in [3.63, 3.8) is 0 Å². The highest BCUT2D eigenvalue weighted by atomic mass is 127. The summed E-state index contributed by atoms with van der Waals surface area (Å²) in [6.45, 7) is 10.0. The highest BCUT2D eigenvalue weighted by Crippen LogP contribution is 2.12. The number of benzene rings is 1. The van der Waals surface area contributed by atoms with E-state index in [9.17, 15) is 9.59 Å². The molecule has 3 N–H and O–H groups in total. The number of guanidine groups is 1. The van der Waals surface area contributed by atoms with Crippen LogP contribution in [0, 0.1) is 5.92 Å². The van der Waals surface area contributed by atoms with Crippen LogP contribution < -0.4 is 16.0 Å². The van der Waals surface area contributed by atoms with Crippen molar-refractivity contribution in [1.82, 2.24) is 20.9 Å². The van der Waals surface area contributed by atoms with Crippen molar-refractivity contribution in [2.24, 2.45) is 10.9 Å². The van der Waals surface area contributed by atoms with Gasteiger partial charge in [0.25, 0.3) is 5.91 Å². The first-order valence-electron chi connectivity index (χ1n) is 11.2. The molecule has 174 valence electrons. The van der Waals surface area contributed by atoms with Crippen molar-refractivity contribution in [2.45, 2.75) is 53.0 Å². The molecule has 0 bridgehead atoms. The minimum Gasteiger partial charge on any atom is -0.357 e. The predicted molar refractivity (Wildman–Crippen MR) is 137 cm³/mol. The van der Waals surface area contributed by atoms with E-state index in [0.717, 1.165) is 24.6 Å². The summed E-state index contributed by atoms with van der Waals surface area (Å²) in [5, 5.41) is 9.51. The first-order valence-corrected chi connectivity index (χ1v) is 11.2. The van der Waals surface area contributed by atoms with Gasteiger partial charge in [-0.3, -0.25) is 9.59 Å². The Hall–Kier alpha value is -1.84. The normalized spacial score (nSPS) is 15.0. The molecule has 31 heavy (non-hydrogen) atoms. The summed E-state index contributed by atoms with van der Waals surface area (Å²) in [4.78, 5) is 30.3. The molecule has 1 aromatic rings. The Kier molecular flexibility index (Phi) is 13.2. The van der Waals surface area contributed by atoms with Crippen LogP contribution in [0.4, 0.5) is 0 Å². The zero-order valence-corrected chi connectivity index (χ0v) is 21.4. The second-order valence-corrected chi connectivity index (χ2v) is 7.77. The number of rotatable bonds is 10. The van der Waals surface area contributed by atoms with Crippen LogP contribution in [0.3, 0.4) is 0 Å². The van der Waals surface area contributed by atoms with Crippen molar-refractivity contribution < 1.29 is 9.59 Å². The third kappa shape index (κ3) is 9.45. The molecule has 1 heterocycles. The molecular weight excluding hydrogens is 505 g/mol. The number of nitrogens with one attached hydrogen (secondary N) is 3. The van der Waals surface area contributed by atoms with Gasteiger partial charge in [-0.05, 0) is 37.0 Å². The lowest BCUT2D eigenvalue weighted by atomic mass is 9.99. The number of halogens is 1. The number of carbonyl (C=O) groups excluding carboxylic acids is 2. The molecule has 1 unspecified atom stereocenters. The van der Waals surface area contributed by atoms with Crippen LogP contribution in [0.1, 0.15) is 62.4 Å². The van der Waals surface area contributed by atoms with Crippen molar-refractivity contribution in [2.75, 3.05) is 32.7 Å². The van der Waals surface area contributed by atoms with Crippen LogP contribution >= 0.6 is 24.0 Å². The number of piperazine rings is 1. The maximum Gasteiger partial charge on any atom is 0.254 e. The van der Waals surface area contributed by atoms with Crippen molar-refractivity contribution in [1.29, 1.82) is 0 Å². The SMILES string of the molecule is CCCCC(CC)CNC(=NCc1ccc(C(=O)N2CCNC(=O)C2)cc1)NCC.I. The summed E-state index contributed by atoms with van der Waals surface area (Å²) in [5.41, 5.74) is 1.64. The number of nitrogens with zero attached hydrogens (tertiary/aromatic N) is 2. The van der Waals surface area contributed by atoms with Gasteiger partial charge >= 0.3 is 0 Å². The number of amides is 2. The molecule has 1 aliphatic rings. The summed E-state index contributed by atoms with van der Waals surface area (Å²) in [6.07, 6.45) is 4.91. The third-order valence-electron chi connectivity index (χ3n) is 5.39. The second-order valence-electron chi connectivity index (χ2n) is 7.77. The lowest BCUT2D eigenvalue weighted by molar-refractivity contribution is -0.123. The molecule has 1 fully saturated rings. The Morgan fingerprint density at radius 3 is 2.55 bits per heavy atom. The van der Waals surface area contributed by atoms with Gasteiger partial charge in [0.2, 0.25) is 5.91 Å². The van der Waals surface area contributed by atoms with Gasteiger partial charge in [-0.25, -0.2) is 4.99 Å². The van der Waals surface area contributed by atoms with Crippen LogP contribution in [0.15, 0.2) is 29.3 Å². The second kappa shape index (κ2) is 15.0. The van der Waals surface area contributed by atoms with Gasteiger partial charge in [0.1, 0.15) is 0 Å². The molecule has 1 aliphatic heterocycles. The smallest absolute Gasteiger partial charge is 0.254 e. The molecule has 0 saturated carbocycles. The van der Waals surface area contributed by atoms with E-state index in [0.29, 0.717) is 31.1 Å². The van der Waals surface area contributed by atoms with Crippen LogP contribution in [-0.2, 0) is 11.3 Å². The van der Waals surface area contributed by atoms with Gasteiger partial charge in [0, 0.05) is 31.7 Å². The summed E-state index contributed by atoms with van der Waals surface area (Å²) < 4.78 is 0. The van der Waals surface area contributed by atoms with Gasteiger partial charge in [0.15, 0.2) is 5.96 Å². The van der Waals surface area contributed by atoms with E-state index in [1.54, 1.807) is 4.90 Å². The number of hydrogen-bond acceptors (Lipinski definition) is 3. The zero-order chi connectivity index (χ0) is 21.8. The quantitative estimate of drug-likeness (QED) is 0.241. The first-order chi connectivity index (χ1) is 14.6. The Labute approximate surface area is 203 Å². The van der Waals surface area contributed by atoms with Gasteiger partial charge in [-0.2, -0.15) is 0 Å². The first kappa shape index (κ1) is 27.2. The molecule has 1 saturated heterocycles. The number of carbonyl (C=O) groups is 2. The van der Waals surface area contributed by atoms with Crippen molar-refractivity contribution in [3.05, 3.63) is 35.4 Å². The third-order valence-corrected chi connectivity index (χ3v) is 5.39. The molecule has 2 rings (SSSR count). The molecule has 0 aromatic heterocycles. The Morgan fingerprint density at radius 1 is 1.19 bits per heavy atom. The van der Waals surface area contributed by atoms with Gasteiger partial charge < -0.3 is 20.9 Å². The molecule has 8 heteroatoms. The van der Waals surface area contributed by atoms with E-state index in [2.05, 4.69) is 36.7 Å². The summed E-state index contributed by atoms with van der Waals surface area (Å²) in [6, 6.07) is 7.50. The molecule has 1 atom stereocenters. The van der Waals surface area contributed by atoms with Crippen molar-refractivity contribution in [3.8, 4) is 0 Å². The van der Waals surface area contributed by atoms with Crippen LogP contribution in [0.2, 0.25) is 0 Å². The van der Waals surface area contributed by atoms with E-state index in [1.807, 2.05) is 24.3 Å². The fraction of sp³-hybridized carbons (Fsp3) is 0.609. The summed E-state index contributed by atoms with van der Waals surface area (Å²) in [5.74, 6) is 1.28. The highest BCUT2D eigenvalue weighted by Gasteiger charge is 2.22. The minimum atomic E-state index is -0.107. The Balaban J connectivity index is 0.00000480. The number of aliphatic imine (C=N–C) groups is 1. The molecule has 2 amide bonds. The highest BCUT2D eigenvalue weighted by molar-refractivity contribution is 14.0. The van der Waals surface area contributed by atoms with E-state index < -0.39 is 0 Å². The van der Waals surface area contributed by atoms with E-state index in [4.69, 9.17) is 4.99 Å². The molecular formula is C23H38IN5O2. The predicted octanol–water partition coefficient (Wildman–Crippen LogP) is 3.15. The molecule has 1 aromatic carbocycles. The lowest BCUT2D eigenvalue weighted by Gasteiger charge is -2.26. The fourth-order valence-electron chi connectivity index (χ4n) is 3.44. The molecule has 7 nitrogen and oxygen atoms in total. The average Bonchev–Trinajstić information content (AvgIpc) is 2.77. The zero-order valence-electron chi connectivity index (χ0n) is 19.1. The largest absolute Gasteiger partial charge is 0.357 e.